The molecule has 2 aromatic rings. The molecule has 4 rings (SSSR count). The van der Waals surface area contributed by atoms with Gasteiger partial charge in [0.2, 0.25) is 0 Å². The molecule has 1 saturated carbocycles. The van der Waals surface area contributed by atoms with E-state index in [9.17, 15) is 18.8 Å². The molecule has 174 valence electrons. The minimum absolute atomic E-state index is 0.0592. The Bertz CT molecular complexity index is 1060. The zero-order valence-corrected chi connectivity index (χ0v) is 18.1. The van der Waals surface area contributed by atoms with Gasteiger partial charge in [-0.3, -0.25) is 4.79 Å². The topological polar surface area (TPSA) is 108 Å². The second kappa shape index (κ2) is 9.89. The van der Waals surface area contributed by atoms with Crippen molar-refractivity contribution in [2.75, 3.05) is 17.2 Å². The molecule has 1 heterocycles. The van der Waals surface area contributed by atoms with Gasteiger partial charge < -0.3 is 25.4 Å². The van der Waals surface area contributed by atoms with E-state index < -0.39 is 17.8 Å². The van der Waals surface area contributed by atoms with Crippen LogP contribution >= 0.6 is 0 Å². The van der Waals surface area contributed by atoms with Crippen LogP contribution in [0.4, 0.5) is 25.4 Å². The normalized spacial score (nSPS) is 19.5. The first-order valence-corrected chi connectivity index (χ1v) is 11.0. The maximum atomic E-state index is 13.7. The number of aliphatic carboxylic acids is 1. The maximum absolute atomic E-state index is 13.7. The first-order chi connectivity index (χ1) is 15.9. The summed E-state index contributed by atoms with van der Waals surface area (Å²) in [6, 6.07) is 10.8. The first kappa shape index (κ1) is 22.6. The van der Waals surface area contributed by atoms with E-state index in [1.165, 1.54) is 12.1 Å². The lowest BCUT2D eigenvalue weighted by Crippen LogP contribution is -2.38. The Labute approximate surface area is 190 Å². The standard InChI is InChI=1S/C24H26FN3O5/c25-20-3-1-2-4-21(20)27-23(31)26-18-7-6-17-14-28(10-9-16(17)13-18)24(32)33-19-8-5-15(11-19)12-22(29)30/h1-4,6-7,13,15,19H,5,8-12,14H2,(H,29,30)(H2,26,27,31)/t15-,19-/m1/s1. The van der Waals surface area contributed by atoms with E-state index in [0.29, 0.717) is 38.0 Å². The average molecular weight is 455 g/mol. The molecule has 9 heteroatoms. The number of hydrogen-bond donors (Lipinski definition) is 3. The quantitative estimate of drug-likeness (QED) is 0.610. The van der Waals surface area contributed by atoms with Gasteiger partial charge >= 0.3 is 18.1 Å². The predicted molar refractivity (Wildman–Crippen MR) is 119 cm³/mol. The SMILES string of the molecule is O=C(O)C[C@@H]1CC[C@@H](OC(=O)N2CCc3cc(NC(=O)Nc4ccccc4F)ccc3C2)C1. The number of carboxylic acid groups (broad SMARTS) is 1. The third-order valence-corrected chi connectivity index (χ3v) is 6.08. The number of carboxylic acids is 1. The Balaban J connectivity index is 1.30. The molecule has 0 unspecified atom stereocenters. The zero-order valence-electron chi connectivity index (χ0n) is 18.1. The molecule has 0 aromatic heterocycles. The molecule has 2 atom stereocenters. The number of ether oxygens (including phenoxy) is 1. The van der Waals surface area contributed by atoms with Crippen molar-refractivity contribution in [3.8, 4) is 0 Å². The minimum Gasteiger partial charge on any atom is -0.481 e. The van der Waals surface area contributed by atoms with Gasteiger partial charge in [0.05, 0.1) is 5.69 Å². The van der Waals surface area contributed by atoms with Crippen LogP contribution < -0.4 is 10.6 Å². The monoisotopic (exact) mass is 455 g/mol. The van der Waals surface area contributed by atoms with Gasteiger partial charge in [-0.25, -0.2) is 14.0 Å². The smallest absolute Gasteiger partial charge is 0.410 e. The zero-order chi connectivity index (χ0) is 23.4. The summed E-state index contributed by atoms with van der Waals surface area (Å²) in [4.78, 5) is 37.3. The number of rotatable bonds is 5. The number of para-hydroxylation sites is 1. The second-order valence-electron chi connectivity index (χ2n) is 8.50. The van der Waals surface area contributed by atoms with Gasteiger partial charge in [-0.2, -0.15) is 0 Å². The van der Waals surface area contributed by atoms with Crippen LogP contribution in [0.1, 0.15) is 36.8 Å². The van der Waals surface area contributed by atoms with Gasteiger partial charge in [0.1, 0.15) is 11.9 Å². The van der Waals surface area contributed by atoms with E-state index in [4.69, 9.17) is 9.84 Å². The molecule has 3 N–H and O–H groups in total. The Hall–Kier alpha value is -3.62. The lowest BCUT2D eigenvalue weighted by Gasteiger charge is -2.29. The number of anilines is 2. The number of nitrogens with one attached hydrogen (secondary N) is 2. The van der Waals surface area contributed by atoms with E-state index in [0.717, 1.165) is 17.5 Å². The Morgan fingerprint density at radius 3 is 2.70 bits per heavy atom. The number of benzene rings is 2. The largest absolute Gasteiger partial charge is 0.481 e. The van der Waals surface area contributed by atoms with Gasteiger partial charge in [0.25, 0.3) is 0 Å². The van der Waals surface area contributed by atoms with Crippen LogP contribution in [0.25, 0.3) is 0 Å². The number of carbonyl (C=O) groups excluding carboxylic acids is 2. The summed E-state index contributed by atoms with van der Waals surface area (Å²) in [6.45, 7) is 0.892. The highest BCUT2D eigenvalue weighted by Crippen LogP contribution is 2.31. The molecular formula is C24H26FN3O5. The molecule has 0 bridgehead atoms. The Kier molecular flexibility index (Phi) is 6.76. The molecule has 0 saturated heterocycles. The molecule has 1 aliphatic carbocycles. The van der Waals surface area contributed by atoms with Crippen LogP contribution in [0.2, 0.25) is 0 Å². The molecule has 2 aromatic carbocycles. The lowest BCUT2D eigenvalue weighted by atomic mass is 9.99. The van der Waals surface area contributed by atoms with Crippen LogP contribution in [0.15, 0.2) is 42.5 Å². The summed E-state index contributed by atoms with van der Waals surface area (Å²) in [5, 5.41) is 14.1. The lowest BCUT2D eigenvalue weighted by molar-refractivity contribution is -0.138. The summed E-state index contributed by atoms with van der Waals surface area (Å²) in [5.41, 5.74) is 2.66. The van der Waals surface area contributed by atoms with Gasteiger partial charge in [-0.15, -0.1) is 0 Å². The van der Waals surface area contributed by atoms with Gasteiger partial charge in [0, 0.05) is 25.2 Å². The Morgan fingerprint density at radius 2 is 1.91 bits per heavy atom. The van der Waals surface area contributed by atoms with Crippen molar-refractivity contribution in [2.45, 2.75) is 44.8 Å². The molecular weight excluding hydrogens is 429 g/mol. The Morgan fingerprint density at radius 1 is 1.09 bits per heavy atom. The number of urea groups is 1. The third kappa shape index (κ3) is 5.79. The highest BCUT2D eigenvalue weighted by molar-refractivity contribution is 5.99. The molecule has 3 amide bonds. The molecule has 0 radical (unpaired) electrons. The van der Waals surface area contributed by atoms with E-state index in [-0.39, 0.29) is 30.2 Å². The second-order valence-corrected chi connectivity index (χ2v) is 8.50. The third-order valence-electron chi connectivity index (χ3n) is 6.08. The number of carbonyl (C=O) groups is 3. The summed E-state index contributed by atoms with van der Waals surface area (Å²) in [5.74, 6) is -1.28. The van der Waals surface area contributed by atoms with Crippen molar-refractivity contribution in [3.63, 3.8) is 0 Å². The summed E-state index contributed by atoms with van der Waals surface area (Å²) in [6.07, 6.45) is 2.15. The van der Waals surface area contributed by atoms with E-state index in [1.807, 2.05) is 12.1 Å². The van der Waals surface area contributed by atoms with Crippen molar-refractivity contribution in [1.82, 2.24) is 4.90 Å². The molecule has 2 aliphatic rings. The van der Waals surface area contributed by atoms with E-state index in [1.54, 1.807) is 23.1 Å². The van der Waals surface area contributed by atoms with Gasteiger partial charge in [-0.1, -0.05) is 18.2 Å². The number of hydrogen-bond acceptors (Lipinski definition) is 4. The fraction of sp³-hybridized carbons (Fsp3) is 0.375. The number of halogens is 1. The van der Waals surface area contributed by atoms with Gasteiger partial charge in [-0.05, 0) is 67.0 Å². The van der Waals surface area contributed by atoms with Crippen LogP contribution in [-0.4, -0.2) is 40.7 Å². The number of nitrogens with zero attached hydrogens (tertiary/aromatic N) is 1. The van der Waals surface area contributed by atoms with E-state index in [2.05, 4.69) is 10.6 Å². The summed E-state index contributed by atoms with van der Waals surface area (Å²) >= 11 is 0. The van der Waals surface area contributed by atoms with Gasteiger partial charge in [0.15, 0.2) is 0 Å². The number of amides is 3. The predicted octanol–water partition coefficient (Wildman–Crippen LogP) is 4.61. The van der Waals surface area contributed by atoms with Crippen LogP contribution in [-0.2, 0) is 22.5 Å². The van der Waals surface area contributed by atoms with Crippen molar-refractivity contribution < 1.29 is 28.6 Å². The molecule has 0 spiro atoms. The minimum atomic E-state index is -0.821. The summed E-state index contributed by atoms with van der Waals surface area (Å²) < 4.78 is 19.3. The average Bonchev–Trinajstić information content (AvgIpc) is 3.20. The highest BCUT2D eigenvalue weighted by atomic mass is 19.1. The summed E-state index contributed by atoms with van der Waals surface area (Å²) in [7, 11) is 0. The molecule has 1 fully saturated rings. The fourth-order valence-corrected chi connectivity index (χ4v) is 4.42. The van der Waals surface area contributed by atoms with Crippen molar-refractivity contribution in [3.05, 3.63) is 59.4 Å². The first-order valence-electron chi connectivity index (χ1n) is 11.0. The molecule has 8 nitrogen and oxygen atoms in total. The maximum Gasteiger partial charge on any atom is 0.410 e. The van der Waals surface area contributed by atoms with Crippen molar-refractivity contribution in [2.24, 2.45) is 5.92 Å². The number of fused-ring (bicyclic) bond motifs is 1. The van der Waals surface area contributed by atoms with E-state index >= 15 is 0 Å². The fourth-order valence-electron chi connectivity index (χ4n) is 4.42. The van der Waals surface area contributed by atoms with Crippen LogP contribution in [0, 0.1) is 11.7 Å². The molecule has 1 aliphatic heterocycles. The van der Waals surface area contributed by atoms with Crippen molar-refractivity contribution >= 4 is 29.5 Å². The molecule has 33 heavy (non-hydrogen) atoms. The highest BCUT2D eigenvalue weighted by Gasteiger charge is 2.31. The van der Waals surface area contributed by atoms with Crippen molar-refractivity contribution in [1.29, 1.82) is 0 Å². The van der Waals surface area contributed by atoms with Crippen LogP contribution in [0.3, 0.4) is 0 Å². The van der Waals surface area contributed by atoms with Crippen LogP contribution in [0.5, 0.6) is 0 Å².